The Morgan fingerprint density at radius 3 is 2.76 bits per heavy atom. The molecule has 0 unspecified atom stereocenters. The first kappa shape index (κ1) is 15.5. The predicted molar refractivity (Wildman–Crippen MR) is 76.6 cm³/mol. The lowest BCUT2D eigenvalue weighted by Gasteiger charge is -2.22. The van der Waals surface area contributed by atoms with Crippen molar-refractivity contribution in [3.63, 3.8) is 0 Å². The van der Waals surface area contributed by atoms with Gasteiger partial charge in [-0.05, 0) is 12.8 Å². The average Bonchev–Trinajstić information content (AvgIpc) is 2.90. The van der Waals surface area contributed by atoms with Gasteiger partial charge in [-0.1, -0.05) is 0 Å². The molecule has 0 spiro atoms. The molecule has 1 aliphatic heterocycles. The van der Waals surface area contributed by atoms with E-state index < -0.39 is 16.8 Å². The molecule has 0 saturated carbocycles. The van der Waals surface area contributed by atoms with Crippen molar-refractivity contribution < 1.29 is 18.9 Å². The molecule has 3 N–H and O–H groups in total. The van der Waals surface area contributed by atoms with Gasteiger partial charge in [0.2, 0.25) is 0 Å². The van der Waals surface area contributed by atoms with Crippen molar-refractivity contribution in [2.24, 2.45) is 0 Å². The summed E-state index contributed by atoms with van der Waals surface area (Å²) in [6, 6.07) is -0.180. The van der Waals surface area contributed by atoms with Crippen LogP contribution in [-0.4, -0.2) is 55.0 Å². The number of aromatic nitrogens is 2. The van der Waals surface area contributed by atoms with Crippen LogP contribution in [0.15, 0.2) is 12.5 Å². The van der Waals surface area contributed by atoms with Crippen LogP contribution in [0, 0.1) is 0 Å². The Balaban J connectivity index is 1.66. The van der Waals surface area contributed by atoms with E-state index in [2.05, 4.69) is 15.6 Å². The highest BCUT2D eigenvalue weighted by molar-refractivity contribution is 7.85. The van der Waals surface area contributed by atoms with Gasteiger partial charge in [-0.25, -0.2) is 14.6 Å². The smallest absolute Gasteiger partial charge is 0.356 e. The Kier molecular flexibility index (Phi) is 5.32. The molecule has 8 nitrogen and oxygen atoms in total. The SMILES string of the molecule is O=C(NCCn1cnc(C(=O)O)c1)NC1CCS(=O)CC1. The van der Waals surface area contributed by atoms with Gasteiger partial charge >= 0.3 is 12.0 Å². The number of carboxylic acid groups (broad SMARTS) is 1. The summed E-state index contributed by atoms with van der Waals surface area (Å²) in [5.74, 6) is 0.199. The van der Waals surface area contributed by atoms with E-state index in [-0.39, 0.29) is 17.8 Å². The van der Waals surface area contributed by atoms with E-state index in [1.54, 1.807) is 4.57 Å². The second kappa shape index (κ2) is 7.21. The summed E-state index contributed by atoms with van der Waals surface area (Å²) in [5, 5.41) is 14.3. The third-order valence-electron chi connectivity index (χ3n) is 3.23. The van der Waals surface area contributed by atoms with Crippen LogP contribution in [0.2, 0.25) is 0 Å². The molecular formula is C12H18N4O4S. The van der Waals surface area contributed by atoms with Gasteiger partial charge in [0.15, 0.2) is 5.69 Å². The minimum atomic E-state index is -1.07. The largest absolute Gasteiger partial charge is 0.476 e. The molecule has 1 aromatic heterocycles. The second-order valence-corrected chi connectivity index (χ2v) is 6.52. The predicted octanol–water partition coefficient (Wildman–Crippen LogP) is -0.208. The molecule has 1 aromatic rings. The number of nitrogens with zero attached hydrogens (tertiary/aromatic N) is 2. The Bertz CT molecular complexity index is 535. The third kappa shape index (κ3) is 4.85. The first-order valence-electron chi connectivity index (χ1n) is 6.69. The highest BCUT2D eigenvalue weighted by Gasteiger charge is 2.19. The zero-order valence-electron chi connectivity index (χ0n) is 11.4. The summed E-state index contributed by atoms with van der Waals surface area (Å²) < 4.78 is 12.8. The molecule has 2 heterocycles. The van der Waals surface area contributed by atoms with Gasteiger partial charge in [0.1, 0.15) is 0 Å². The molecule has 0 radical (unpaired) electrons. The van der Waals surface area contributed by atoms with Crippen molar-refractivity contribution >= 4 is 22.8 Å². The Labute approximate surface area is 124 Å². The fourth-order valence-electron chi connectivity index (χ4n) is 2.07. The molecule has 1 aliphatic rings. The summed E-state index contributed by atoms with van der Waals surface area (Å²) >= 11 is 0. The summed E-state index contributed by atoms with van der Waals surface area (Å²) in [5.41, 5.74) is -0.0188. The lowest BCUT2D eigenvalue weighted by atomic mass is 10.2. The molecule has 2 rings (SSSR count). The maximum Gasteiger partial charge on any atom is 0.356 e. The normalized spacial score (nSPS) is 21.7. The molecule has 21 heavy (non-hydrogen) atoms. The lowest BCUT2D eigenvalue weighted by molar-refractivity contribution is 0.0691. The molecule has 1 saturated heterocycles. The molecule has 2 amide bonds. The van der Waals surface area contributed by atoms with Crippen LogP contribution in [-0.2, 0) is 17.3 Å². The van der Waals surface area contributed by atoms with Gasteiger partial charge in [0.05, 0.1) is 6.33 Å². The Morgan fingerprint density at radius 2 is 2.14 bits per heavy atom. The third-order valence-corrected chi connectivity index (χ3v) is 4.61. The van der Waals surface area contributed by atoms with E-state index in [4.69, 9.17) is 5.11 Å². The number of imidazole rings is 1. The molecule has 9 heteroatoms. The van der Waals surface area contributed by atoms with E-state index >= 15 is 0 Å². The number of aromatic carboxylic acids is 1. The maximum absolute atomic E-state index is 11.7. The summed E-state index contributed by atoms with van der Waals surface area (Å²) in [4.78, 5) is 26.1. The van der Waals surface area contributed by atoms with Crippen LogP contribution in [0.4, 0.5) is 4.79 Å². The number of carbonyl (C=O) groups excluding carboxylic acids is 1. The average molecular weight is 314 g/mol. The molecule has 0 aromatic carbocycles. The van der Waals surface area contributed by atoms with Gasteiger partial charge in [-0.2, -0.15) is 0 Å². The number of urea groups is 1. The van der Waals surface area contributed by atoms with Crippen LogP contribution >= 0.6 is 0 Å². The number of hydrogen-bond acceptors (Lipinski definition) is 4. The van der Waals surface area contributed by atoms with E-state index in [1.165, 1.54) is 12.5 Å². The first-order chi connectivity index (χ1) is 10.0. The summed E-state index contributed by atoms with van der Waals surface area (Å²) in [7, 11) is -0.738. The fraction of sp³-hybridized carbons (Fsp3) is 0.583. The van der Waals surface area contributed by atoms with E-state index in [1.807, 2.05) is 0 Å². The van der Waals surface area contributed by atoms with Gasteiger partial charge < -0.3 is 20.3 Å². The number of amides is 2. The number of hydrogen-bond donors (Lipinski definition) is 3. The Hall–Kier alpha value is -1.90. The van der Waals surface area contributed by atoms with Crippen molar-refractivity contribution in [3.05, 3.63) is 18.2 Å². The monoisotopic (exact) mass is 314 g/mol. The first-order valence-corrected chi connectivity index (χ1v) is 8.18. The minimum absolute atomic E-state index is 0.0188. The quantitative estimate of drug-likeness (QED) is 0.696. The summed E-state index contributed by atoms with van der Waals surface area (Å²) in [6.45, 7) is 0.822. The fourth-order valence-corrected chi connectivity index (χ4v) is 3.36. The molecule has 0 atom stereocenters. The zero-order chi connectivity index (χ0) is 15.2. The highest BCUT2D eigenvalue weighted by Crippen LogP contribution is 2.08. The highest BCUT2D eigenvalue weighted by atomic mass is 32.2. The summed E-state index contributed by atoms with van der Waals surface area (Å²) in [6.07, 6.45) is 4.31. The van der Waals surface area contributed by atoms with Crippen molar-refractivity contribution in [2.45, 2.75) is 25.4 Å². The molecule has 1 fully saturated rings. The van der Waals surface area contributed by atoms with Gasteiger partial charge in [-0.15, -0.1) is 0 Å². The van der Waals surface area contributed by atoms with Crippen molar-refractivity contribution in [3.8, 4) is 0 Å². The van der Waals surface area contributed by atoms with E-state index in [0.717, 1.165) is 12.8 Å². The zero-order valence-corrected chi connectivity index (χ0v) is 12.3. The van der Waals surface area contributed by atoms with Crippen LogP contribution in [0.1, 0.15) is 23.3 Å². The van der Waals surface area contributed by atoms with Crippen molar-refractivity contribution in [1.82, 2.24) is 20.2 Å². The molecule has 0 aliphatic carbocycles. The van der Waals surface area contributed by atoms with Crippen LogP contribution < -0.4 is 10.6 Å². The van der Waals surface area contributed by atoms with E-state index in [9.17, 15) is 13.8 Å². The molecule has 0 bridgehead atoms. The maximum atomic E-state index is 11.7. The Morgan fingerprint density at radius 1 is 1.43 bits per heavy atom. The number of rotatable bonds is 5. The standard InChI is InChI=1S/C12H18N4O4S/c17-11(18)10-7-16(8-14-10)4-3-13-12(19)15-9-1-5-21(20)6-2-9/h7-9H,1-6H2,(H,17,18)(H2,13,15,19). The second-order valence-electron chi connectivity index (χ2n) is 4.82. The van der Waals surface area contributed by atoms with Crippen LogP contribution in [0.3, 0.4) is 0 Å². The minimum Gasteiger partial charge on any atom is -0.476 e. The van der Waals surface area contributed by atoms with Gasteiger partial charge in [0, 0.05) is 47.6 Å². The van der Waals surface area contributed by atoms with Gasteiger partial charge in [-0.3, -0.25) is 4.21 Å². The number of carbonyl (C=O) groups is 2. The van der Waals surface area contributed by atoms with Crippen LogP contribution in [0.25, 0.3) is 0 Å². The molecular weight excluding hydrogens is 296 g/mol. The van der Waals surface area contributed by atoms with Crippen molar-refractivity contribution in [1.29, 1.82) is 0 Å². The lowest BCUT2D eigenvalue weighted by Crippen LogP contribution is -2.45. The van der Waals surface area contributed by atoms with Crippen molar-refractivity contribution in [2.75, 3.05) is 18.1 Å². The number of nitrogens with one attached hydrogen (secondary N) is 2. The van der Waals surface area contributed by atoms with E-state index in [0.29, 0.717) is 24.6 Å². The topological polar surface area (TPSA) is 113 Å². The number of carboxylic acids is 1. The van der Waals surface area contributed by atoms with Gasteiger partial charge in [0.25, 0.3) is 0 Å². The molecule has 116 valence electrons. The van der Waals surface area contributed by atoms with Crippen LogP contribution in [0.5, 0.6) is 0 Å².